The summed E-state index contributed by atoms with van der Waals surface area (Å²) in [4.78, 5) is 14.7. The number of likely N-dealkylation sites (N-methyl/N-ethyl adjacent to an activating group) is 1. The minimum Gasteiger partial charge on any atom is -0.294 e. The second-order valence-electron chi connectivity index (χ2n) is 5.08. The maximum Gasteiger partial charge on any atom is 0.179 e. The Labute approximate surface area is 114 Å². The average molecular weight is 266 g/mol. The van der Waals surface area contributed by atoms with Crippen LogP contribution in [0.1, 0.15) is 37.0 Å². The van der Waals surface area contributed by atoms with Crippen molar-refractivity contribution in [1.29, 1.82) is 0 Å². The number of halogens is 1. The van der Waals surface area contributed by atoms with Crippen molar-refractivity contribution in [2.75, 3.05) is 13.1 Å². The van der Waals surface area contributed by atoms with E-state index in [9.17, 15) is 4.79 Å². The summed E-state index contributed by atoms with van der Waals surface area (Å²) in [6, 6.07) is 7.17. The third-order valence-corrected chi connectivity index (χ3v) is 3.87. The molecular weight excluding hydrogens is 246 g/mol. The Balaban J connectivity index is 2.06. The number of nitrogens with zero attached hydrogens (tertiary/aromatic N) is 1. The smallest absolute Gasteiger partial charge is 0.179 e. The van der Waals surface area contributed by atoms with Crippen molar-refractivity contribution in [3.05, 3.63) is 34.9 Å². The Bertz CT molecular complexity index is 428. The number of ketones is 1. The molecule has 0 aliphatic heterocycles. The molecule has 0 radical (unpaired) electrons. The van der Waals surface area contributed by atoms with Crippen LogP contribution < -0.4 is 0 Å². The van der Waals surface area contributed by atoms with Crippen molar-refractivity contribution in [2.45, 2.75) is 32.7 Å². The predicted octanol–water partition coefficient (Wildman–Crippen LogP) is 3.64. The summed E-state index contributed by atoms with van der Waals surface area (Å²) in [5.74, 6) is 0.972. The number of hydrogen-bond acceptors (Lipinski definition) is 2. The molecule has 3 heteroatoms. The second-order valence-corrected chi connectivity index (χ2v) is 5.52. The highest BCUT2D eigenvalue weighted by Gasteiger charge is 2.28. The van der Waals surface area contributed by atoms with Crippen molar-refractivity contribution in [3.8, 4) is 0 Å². The summed E-state index contributed by atoms with van der Waals surface area (Å²) in [6.45, 7) is 6.08. The van der Waals surface area contributed by atoms with E-state index in [0.717, 1.165) is 19.0 Å². The molecule has 1 aromatic rings. The van der Waals surface area contributed by atoms with Gasteiger partial charge in [0, 0.05) is 17.1 Å². The van der Waals surface area contributed by atoms with Crippen LogP contribution in [0.25, 0.3) is 0 Å². The number of benzene rings is 1. The first-order chi connectivity index (χ1) is 8.61. The highest BCUT2D eigenvalue weighted by molar-refractivity contribution is 6.31. The van der Waals surface area contributed by atoms with Crippen molar-refractivity contribution in [2.24, 2.45) is 5.92 Å². The quantitative estimate of drug-likeness (QED) is 0.732. The molecule has 1 aromatic carbocycles. The molecule has 1 saturated carbocycles. The highest BCUT2D eigenvalue weighted by Crippen LogP contribution is 2.30. The van der Waals surface area contributed by atoms with Gasteiger partial charge in [-0.1, -0.05) is 30.7 Å². The summed E-state index contributed by atoms with van der Waals surface area (Å²) in [5, 5.41) is 0.623. The molecule has 1 unspecified atom stereocenters. The SMILES string of the molecule is CCN(CC1CC1)C(C)C(=O)c1cccc(Cl)c1. The molecule has 0 spiro atoms. The van der Waals surface area contributed by atoms with Gasteiger partial charge in [-0.05, 0) is 44.4 Å². The lowest BCUT2D eigenvalue weighted by molar-refractivity contribution is 0.0839. The van der Waals surface area contributed by atoms with Gasteiger partial charge in [-0.25, -0.2) is 0 Å². The lowest BCUT2D eigenvalue weighted by Gasteiger charge is -2.26. The van der Waals surface area contributed by atoms with Gasteiger partial charge in [0.05, 0.1) is 6.04 Å². The molecular formula is C15H20ClNO. The molecule has 2 rings (SSSR count). The second kappa shape index (κ2) is 5.85. The minimum atomic E-state index is -0.0610. The van der Waals surface area contributed by atoms with Crippen LogP contribution in [-0.2, 0) is 0 Å². The third kappa shape index (κ3) is 3.33. The third-order valence-electron chi connectivity index (χ3n) is 3.63. The van der Waals surface area contributed by atoms with E-state index < -0.39 is 0 Å². The Hall–Kier alpha value is -0.860. The van der Waals surface area contributed by atoms with E-state index in [0.29, 0.717) is 10.6 Å². The first-order valence-electron chi connectivity index (χ1n) is 6.65. The minimum absolute atomic E-state index is 0.0610. The fourth-order valence-corrected chi connectivity index (χ4v) is 2.43. The molecule has 18 heavy (non-hydrogen) atoms. The van der Waals surface area contributed by atoms with Gasteiger partial charge in [0.25, 0.3) is 0 Å². The van der Waals surface area contributed by atoms with Crippen LogP contribution in [0.4, 0.5) is 0 Å². The van der Waals surface area contributed by atoms with Crippen LogP contribution in [0.2, 0.25) is 5.02 Å². The lowest BCUT2D eigenvalue weighted by atomic mass is 10.0. The number of rotatable bonds is 6. The van der Waals surface area contributed by atoms with Gasteiger partial charge in [-0.2, -0.15) is 0 Å². The summed E-state index contributed by atoms with van der Waals surface area (Å²) in [6.07, 6.45) is 2.63. The first kappa shape index (κ1) is 13.6. The zero-order valence-corrected chi connectivity index (χ0v) is 11.8. The largest absolute Gasteiger partial charge is 0.294 e. The molecule has 0 aromatic heterocycles. The van der Waals surface area contributed by atoms with Gasteiger partial charge >= 0.3 is 0 Å². The molecule has 2 nitrogen and oxygen atoms in total. The van der Waals surface area contributed by atoms with Crippen LogP contribution in [0, 0.1) is 5.92 Å². The summed E-state index contributed by atoms with van der Waals surface area (Å²) >= 11 is 5.94. The fraction of sp³-hybridized carbons (Fsp3) is 0.533. The normalized spacial score (nSPS) is 16.9. The topological polar surface area (TPSA) is 20.3 Å². The Morgan fingerprint density at radius 2 is 2.22 bits per heavy atom. The van der Waals surface area contributed by atoms with Gasteiger partial charge in [-0.3, -0.25) is 9.69 Å². The fourth-order valence-electron chi connectivity index (χ4n) is 2.24. The molecule has 1 aliphatic carbocycles. The van der Waals surface area contributed by atoms with Crippen molar-refractivity contribution >= 4 is 17.4 Å². The van der Waals surface area contributed by atoms with Crippen LogP contribution in [-0.4, -0.2) is 29.8 Å². The zero-order chi connectivity index (χ0) is 13.1. The van der Waals surface area contributed by atoms with E-state index in [1.807, 2.05) is 19.1 Å². The maximum absolute atomic E-state index is 12.4. The number of carbonyl (C=O) groups excluding carboxylic acids is 1. The van der Waals surface area contributed by atoms with E-state index in [1.165, 1.54) is 12.8 Å². The zero-order valence-electron chi connectivity index (χ0n) is 11.0. The van der Waals surface area contributed by atoms with Gasteiger partial charge in [0.15, 0.2) is 5.78 Å². The van der Waals surface area contributed by atoms with Gasteiger partial charge in [-0.15, -0.1) is 0 Å². The van der Waals surface area contributed by atoms with Gasteiger partial charge in [0.2, 0.25) is 0 Å². The van der Waals surface area contributed by atoms with E-state index in [2.05, 4.69) is 11.8 Å². The van der Waals surface area contributed by atoms with E-state index >= 15 is 0 Å². The summed E-state index contributed by atoms with van der Waals surface area (Å²) < 4.78 is 0. The first-order valence-corrected chi connectivity index (χ1v) is 7.03. The van der Waals surface area contributed by atoms with Crippen molar-refractivity contribution in [1.82, 2.24) is 4.90 Å². The Kier molecular flexibility index (Phi) is 4.41. The van der Waals surface area contributed by atoms with Crippen LogP contribution in [0.15, 0.2) is 24.3 Å². The lowest BCUT2D eigenvalue weighted by Crippen LogP contribution is -2.40. The summed E-state index contributed by atoms with van der Waals surface area (Å²) in [5.41, 5.74) is 0.712. The van der Waals surface area contributed by atoms with Crippen LogP contribution in [0.3, 0.4) is 0 Å². The molecule has 0 heterocycles. The van der Waals surface area contributed by atoms with E-state index in [-0.39, 0.29) is 11.8 Å². The monoisotopic (exact) mass is 265 g/mol. The molecule has 0 bridgehead atoms. The van der Waals surface area contributed by atoms with E-state index in [4.69, 9.17) is 11.6 Å². The van der Waals surface area contributed by atoms with Gasteiger partial charge in [0.1, 0.15) is 0 Å². The van der Waals surface area contributed by atoms with Crippen LogP contribution >= 0.6 is 11.6 Å². The number of hydrogen-bond donors (Lipinski definition) is 0. The average Bonchev–Trinajstić information content (AvgIpc) is 3.18. The van der Waals surface area contributed by atoms with Gasteiger partial charge < -0.3 is 0 Å². The molecule has 0 saturated heterocycles. The highest BCUT2D eigenvalue weighted by atomic mass is 35.5. The molecule has 0 N–H and O–H groups in total. The molecule has 1 atom stereocenters. The molecule has 98 valence electrons. The predicted molar refractivity (Wildman–Crippen MR) is 75.2 cm³/mol. The maximum atomic E-state index is 12.4. The van der Waals surface area contributed by atoms with Crippen molar-refractivity contribution < 1.29 is 4.79 Å². The number of carbonyl (C=O) groups is 1. The standard InChI is InChI=1S/C15H20ClNO/c1-3-17(10-12-7-8-12)11(2)15(18)13-5-4-6-14(16)9-13/h4-6,9,11-12H,3,7-8,10H2,1-2H3. The molecule has 0 amide bonds. The molecule has 1 fully saturated rings. The Morgan fingerprint density at radius 3 is 2.78 bits per heavy atom. The Morgan fingerprint density at radius 1 is 1.50 bits per heavy atom. The summed E-state index contributed by atoms with van der Waals surface area (Å²) in [7, 11) is 0. The van der Waals surface area contributed by atoms with Crippen LogP contribution in [0.5, 0.6) is 0 Å². The van der Waals surface area contributed by atoms with Crippen molar-refractivity contribution in [3.63, 3.8) is 0 Å². The van der Waals surface area contributed by atoms with E-state index in [1.54, 1.807) is 12.1 Å². The number of Topliss-reactive ketones (excluding diaryl/α,β-unsaturated/α-hetero) is 1. The molecule has 1 aliphatic rings.